The molecule has 0 N–H and O–H groups in total. The molecule has 0 spiro atoms. The summed E-state index contributed by atoms with van der Waals surface area (Å²) < 4.78 is 0. The van der Waals surface area contributed by atoms with Crippen LogP contribution in [0.15, 0.2) is 17.2 Å². The Morgan fingerprint density at radius 2 is 2.17 bits per heavy atom. The Morgan fingerprint density at radius 1 is 1.50 bits per heavy atom. The Kier molecular flexibility index (Phi) is 3.41. The van der Waals surface area contributed by atoms with Gasteiger partial charge >= 0.3 is 0 Å². The molecule has 1 aromatic rings. The fourth-order valence-corrected chi connectivity index (χ4v) is 1.70. The summed E-state index contributed by atoms with van der Waals surface area (Å²) in [5.41, 5.74) is 1.05. The van der Waals surface area contributed by atoms with Gasteiger partial charge in [0.15, 0.2) is 0 Å². The van der Waals surface area contributed by atoms with E-state index in [9.17, 15) is 0 Å². The molecule has 0 fully saturated rings. The second kappa shape index (κ2) is 4.15. The lowest BCUT2D eigenvalue weighted by molar-refractivity contribution is 0.818. The molecular weight excluding hydrogens is 190 g/mol. The average Bonchev–Trinajstić information content (AvgIpc) is 2.04. The number of nitrogens with zero attached hydrogens (tertiary/aromatic N) is 1. The molecule has 0 aliphatic rings. The molecule has 0 saturated carbocycles. The molecule has 12 heavy (non-hydrogen) atoms. The zero-order valence-electron chi connectivity index (χ0n) is 7.47. The molecule has 1 aromatic heterocycles. The standard InChI is InChI=1S/C9H12ClNS/c1-6(2)8-4-7(10)9(12-3)5-11-8/h4-6H,1-3H3. The largest absolute Gasteiger partial charge is 0.260 e. The van der Waals surface area contributed by atoms with Crippen molar-refractivity contribution in [2.45, 2.75) is 24.7 Å². The SMILES string of the molecule is CSc1cnc(C(C)C)cc1Cl. The van der Waals surface area contributed by atoms with Gasteiger partial charge in [-0.1, -0.05) is 25.4 Å². The van der Waals surface area contributed by atoms with Gasteiger partial charge in [0.25, 0.3) is 0 Å². The van der Waals surface area contributed by atoms with Gasteiger partial charge in [0.05, 0.1) is 5.02 Å². The van der Waals surface area contributed by atoms with Crippen molar-refractivity contribution in [2.75, 3.05) is 6.26 Å². The summed E-state index contributed by atoms with van der Waals surface area (Å²) in [6.07, 6.45) is 3.83. The number of hydrogen-bond acceptors (Lipinski definition) is 2. The van der Waals surface area contributed by atoms with Gasteiger partial charge in [-0.3, -0.25) is 4.98 Å². The van der Waals surface area contributed by atoms with E-state index in [2.05, 4.69) is 18.8 Å². The molecule has 3 heteroatoms. The smallest absolute Gasteiger partial charge is 0.0575 e. The molecule has 0 saturated heterocycles. The van der Waals surface area contributed by atoms with Crippen molar-refractivity contribution < 1.29 is 0 Å². The normalized spacial score (nSPS) is 10.8. The summed E-state index contributed by atoms with van der Waals surface area (Å²) in [5, 5.41) is 0.807. The van der Waals surface area contributed by atoms with Crippen LogP contribution in [0.1, 0.15) is 25.5 Å². The van der Waals surface area contributed by atoms with Crippen LogP contribution < -0.4 is 0 Å². The molecule has 1 nitrogen and oxygen atoms in total. The van der Waals surface area contributed by atoms with Gasteiger partial charge in [-0.25, -0.2) is 0 Å². The van der Waals surface area contributed by atoms with Gasteiger partial charge in [0.1, 0.15) is 0 Å². The van der Waals surface area contributed by atoms with Gasteiger partial charge in [0, 0.05) is 16.8 Å². The van der Waals surface area contributed by atoms with E-state index >= 15 is 0 Å². The van der Waals surface area contributed by atoms with Crippen LogP contribution >= 0.6 is 23.4 Å². The topological polar surface area (TPSA) is 12.9 Å². The maximum atomic E-state index is 6.01. The maximum Gasteiger partial charge on any atom is 0.0575 e. The molecular formula is C9H12ClNS. The van der Waals surface area contributed by atoms with E-state index in [4.69, 9.17) is 11.6 Å². The van der Waals surface area contributed by atoms with Gasteiger partial charge in [0.2, 0.25) is 0 Å². The lowest BCUT2D eigenvalue weighted by atomic mass is 10.1. The van der Waals surface area contributed by atoms with Gasteiger partial charge < -0.3 is 0 Å². The Labute approximate surface area is 82.5 Å². The van der Waals surface area contributed by atoms with Crippen molar-refractivity contribution in [3.8, 4) is 0 Å². The van der Waals surface area contributed by atoms with E-state index in [0.717, 1.165) is 15.6 Å². The minimum atomic E-state index is 0.443. The highest BCUT2D eigenvalue weighted by Crippen LogP contribution is 2.26. The first-order valence-corrected chi connectivity index (χ1v) is 5.45. The first kappa shape index (κ1) is 9.87. The summed E-state index contributed by atoms with van der Waals surface area (Å²) in [5.74, 6) is 0.443. The fourth-order valence-electron chi connectivity index (χ4n) is 0.899. The summed E-state index contributed by atoms with van der Waals surface area (Å²) in [6.45, 7) is 4.22. The molecule has 66 valence electrons. The van der Waals surface area contributed by atoms with Crippen molar-refractivity contribution in [3.05, 3.63) is 23.0 Å². The molecule has 0 bridgehead atoms. The molecule has 0 atom stereocenters. The molecule has 0 aliphatic carbocycles. The second-order valence-corrected chi connectivity index (χ2v) is 4.15. The van der Waals surface area contributed by atoms with Crippen LogP contribution in [0.4, 0.5) is 0 Å². The zero-order chi connectivity index (χ0) is 9.14. The number of aromatic nitrogens is 1. The molecule has 1 heterocycles. The van der Waals surface area contributed by atoms with E-state index in [1.165, 1.54) is 0 Å². The number of rotatable bonds is 2. The predicted octanol–water partition coefficient (Wildman–Crippen LogP) is 3.58. The number of hydrogen-bond donors (Lipinski definition) is 0. The molecule has 0 aromatic carbocycles. The molecule has 0 unspecified atom stereocenters. The van der Waals surface area contributed by atoms with E-state index in [-0.39, 0.29) is 0 Å². The quantitative estimate of drug-likeness (QED) is 0.679. The average molecular weight is 202 g/mol. The first-order chi connectivity index (χ1) is 5.65. The van der Waals surface area contributed by atoms with Crippen LogP contribution in [0.25, 0.3) is 0 Å². The predicted molar refractivity (Wildman–Crippen MR) is 55.1 cm³/mol. The van der Waals surface area contributed by atoms with Crippen LogP contribution in [-0.4, -0.2) is 11.2 Å². The van der Waals surface area contributed by atoms with E-state index < -0.39 is 0 Å². The summed E-state index contributed by atoms with van der Waals surface area (Å²) >= 11 is 7.63. The fraction of sp³-hybridized carbons (Fsp3) is 0.444. The number of halogens is 1. The van der Waals surface area contributed by atoms with Crippen molar-refractivity contribution in [1.29, 1.82) is 0 Å². The Morgan fingerprint density at radius 3 is 2.58 bits per heavy atom. The van der Waals surface area contributed by atoms with Gasteiger partial charge in [-0.05, 0) is 18.2 Å². The van der Waals surface area contributed by atoms with Crippen LogP contribution in [0.2, 0.25) is 5.02 Å². The zero-order valence-corrected chi connectivity index (χ0v) is 9.04. The van der Waals surface area contributed by atoms with Crippen molar-refractivity contribution in [3.63, 3.8) is 0 Å². The van der Waals surface area contributed by atoms with E-state index in [0.29, 0.717) is 5.92 Å². The van der Waals surface area contributed by atoms with Crippen LogP contribution in [0.5, 0.6) is 0 Å². The Bertz CT molecular complexity index is 273. The molecule has 0 amide bonds. The van der Waals surface area contributed by atoms with E-state index in [1.54, 1.807) is 11.8 Å². The third-order valence-corrected chi connectivity index (χ3v) is 2.84. The number of pyridine rings is 1. The molecule has 1 rings (SSSR count). The van der Waals surface area contributed by atoms with E-state index in [1.807, 2.05) is 18.5 Å². The minimum absolute atomic E-state index is 0.443. The van der Waals surface area contributed by atoms with Gasteiger partial charge in [-0.2, -0.15) is 0 Å². The summed E-state index contributed by atoms with van der Waals surface area (Å²) in [7, 11) is 0. The van der Waals surface area contributed by atoms with Crippen molar-refractivity contribution in [1.82, 2.24) is 4.98 Å². The third kappa shape index (κ3) is 2.14. The summed E-state index contributed by atoms with van der Waals surface area (Å²) in [4.78, 5) is 5.35. The third-order valence-electron chi connectivity index (χ3n) is 1.65. The molecule has 0 radical (unpaired) electrons. The Hall–Kier alpha value is -0.210. The van der Waals surface area contributed by atoms with Gasteiger partial charge in [-0.15, -0.1) is 11.8 Å². The van der Waals surface area contributed by atoms with Crippen LogP contribution in [0.3, 0.4) is 0 Å². The van der Waals surface area contributed by atoms with Crippen LogP contribution in [0, 0.1) is 0 Å². The minimum Gasteiger partial charge on any atom is -0.260 e. The van der Waals surface area contributed by atoms with Crippen molar-refractivity contribution >= 4 is 23.4 Å². The highest BCUT2D eigenvalue weighted by molar-refractivity contribution is 7.98. The Balaban J connectivity index is 3.02. The first-order valence-electron chi connectivity index (χ1n) is 3.84. The summed E-state index contributed by atoms with van der Waals surface area (Å²) in [6, 6.07) is 1.94. The molecule has 0 aliphatic heterocycles. The lowest BCUT2D eigenvalue weighted by Crippen LogP contribution is -1.92. The highest BCUT2D eigenvalue weighted by Gasteiger charge is 2.04. The maximum absolute atomic E-state index is 6.01. The monoisotopic (exact) mass is 201 g/mol. The lowest BCUT2D eigenvalue weighted by Gasteiger charge is -2.06. The van der Waals surface area contributed by atoms with Crippen LogP contribution in [-0.2, 0) is 0 Å². The van der Waals surface area contributed by atoms with Crippen molar-refractivity contribution in [2.24, 2.45) is 0 Å². The second-order valence-electron chi connectivity index (χ2n) is 2.90. The number of thioether (sulfide) groups is 1. The highest BCUT2D eigenvalue weighted by atomic mass is 35.5.